The normalized spacial score (nSPS) is 18.4. The van der Waals surface area contributed by atoms with Crippen molar-refractivity contribution < 1.29 is 0 Å². The second-order valence-corrected chi connectivity index (χ2v) is 4.62. The Morgan fingerprint density at radius 1 is 1.64 bits per heavy atom. The predicted octanol–water partition coefficient (Wildman–Crippen LogP) is 0.300. The summed E-state index contributed by atoms with van der Waals surface area (Å²) in [5, 5.41) is 15.6. The van der Waals surface area contributed by atoms with Gasteiger partial charge >= 0.3 is 0 Å². The van der Waals surface area contributed by atoms with Gasteiger partial charge in [0.05, 0.1) is 0 Å². The zero-order valence-corrected chi connectivity index (χ0v) is 9.29. The van der Waals surface area contributed by atoms with Crippen molar-refractivity contribution in [2.75, 3.05) is 12.8 Å². The van der Waals surface area contributed by atoms with E-state index in [2.05, 4.69) is 20.8 Å². The van der Waals surface area contributed by atoms with Crippen LogP contribution in [0.2, 0.25) is 0 Å². The summed E-state index contributed by atoms with van der Waals surface area (Å²) in [6.45, 7) is 0. The number of thioether (sulfide) groups is 1. The highest BCUT2D eigenvalue weighted by molar-refractivity contribution is 7.99. The van der Waals surface area contributed by atoms with Gasteiger partial charge in [-0.2, -0.15) is 0 Å². The molecular weight excluding hydrogens is 198 g/mol. The highest BCUT2D eigenvalue weighted by Crippen LogP contribution is 2.34. The molecule has 1 aliphatic rings. The molecule has 6 heteroatoms. The Morgan fingerprint density at radius 3 is 2.93 bits per heavy atom. The summed E-state index contributed by atoms with van der Waals surface area (Å²) >= 11 is 1.72. The van der Waals surface area contributed by atoms with Crippen molar-refractivity contribution in [1.82, 2.24) is 25.5 Å². The average Bonchev–Trinajstić information content (AvgIpc) is 2.93. The van der Waals surface area contributed by atoms with Crippen LogP contribution in [0.25, 0.3) is 0 Å². The van der Waals surface area contributed by atoms with E-state index in [1.54, 1.807) is 16.4 Å². The van der Waals surface area contributed by atoms with Crippen LogP contribution in [-0.4, -0.2) is 39.0 Å². The smallest absolute Gasteiger partial charge is 0.209 e. The van der Waals surface area contributed by atoms with E-state index in [9.17, 15) is 0 Å². The van der Waals surface area contributed by atoms with Gasteiger partial charge in [-0.1, -0.05) is 11.8 Å². The number of nitrogens with one attached hydrogen (secondary N) is 1. The quantitative estimate of drug-likeness (QED) is 0.713. The molecule has 1 saturated carbocycles. The van der Waals surface area contributed by atoms with Gasteiger partial charge in [-0.05, 0) is 36.2 Å². The predicted molar refractivity (Wildman–Crippen MR) is 55.1 cm³/mol. The molecule has 14 heavy (non-hydrogen) atoms. The van der Waals surface area contributed by atoms with Crippen LogP contribution in [0.1, 0.15) is 12.8 Å². The topological polar surface area (TPSA) is 55.6 Å². The standard InChI is InChI=1S/C8H15N5S/c1-9-7(6-3-4-6)5-14-8-10-11-12-13(8)2/h6-7,9H,3-5H2,1-2H3. The lowest BCUT2D eigenvalue weighted by atomic mass is 10.2. The fourth-order valence-electron chi connectivity index (χ4n) is 1.46. The molecular formula is C8H15N5S. The summed E-state index contributed by atoms with van der Waals surface area (Å²) in [5.41, 5.74) is 0. The van der Waals surface area contributed by atoms with Crippen molar-refractivity contribution in [3.63, 3.8) is 0 Å². The molecule has 1 aliphatic carbocycles. The number of tetrazole rings is 1. The van der Waals surface area contributed by atoms with Gasteiger partial charge in [0.1, 0.15) is 0 Å². The number of hydrogen-bond donors (Lipinski definition) is 1. The first-order valence-corrected chi connectivity index (χ1v) is 5.82. The van der Waals surface area contributed by atoms with Crippen LogP contribution in [0.4, 0.5) is 0 Å². The molecule has 0 amide bonds. The van der Waals surface area contributed by atoms with Crippen LogP contribution in [0.5, 0.6) is 0 Å². The maximum atomic E-state index is 3.94. The van der Waals surface area contributed by atoms with Gasteiger partial charge < -0.3 is 5.32 Å². The number of hydrogen-bond acceptors (Lipinski definition) is 5. The summed E-state index contributed by atoms with van der Waals surface area (Å²) in [4.78, 5) is 0. The zero-order chi connectivity index (χ0) is 9.97. The maximum Gasteiger partial charge on any atom is 0.209 e. The second-order valence-electron chi connectivity index (χ2n) is 3.63. The lowest BCUT2D eigenvalue weighted by molar-refractivity contribution is 0.552. The van der Waals surface area contributed by atoms with Crippen LogP contribution in [0, 0.1) is 5.92 Å². The second kappa shape index (κ2) is 4.27. The van der Waals surface area contributed by atoms with Crippen LogP contribution in [0.3, 0.4) is 0 Å². The van der Waals surface area contributed by atoms with E-state index >= 15 is 0 Å². The molecule has 0 bridgehead atoms. The van der Waals surface area contributed by atoms with Crippen LogP contribution >= 0.6 is 11.8 Å². The molecule has 0 radical (unpaired) electrons. The third-order valence-corrected chi connectivity index (χ3v) is 3.66. The highest BCUT2D eigenvalue weighted by Gasteiger charge is 2.30. The minimum Gasteiger partial charge on any atom is -0.316 e. The van der Waals surface area contributed by atoms with Crippen LogP contribution < -0.4 is 5.32 Å². The molecule has 1 atom stereocenters. The highest BCUT2D eigenvalue weighted by atomic mass is 32.2. The molecule has 2 rings (SSSR count). The van der Waals surface area contributed by atoms with Gasteiger partial charge in [0.2, 0.25) is 5.16 Å². The Bertz CT molecular complexity index is 296. The molecule has 5 nitrogen and oxygen atoms in total. The van der Waals surface area contributed by atoms with E-state index in [1.165, 1.54) is 12.8 Å². The van der Waals surface area contributed by atoms with E-state index in [4.69, 9.17) is 0 Å². The van der Waals surface area contributed by atoms with Gasteiger partial charge in [-0.3, -0.25) is 0 Å². The molecule has 0 saturated heterocycles. The van der Waals surface area contributed by atoms with Gasteiger partial charge in [-0.15, -0.1) is 5.10 Å². The van der Waals surface area contributed by atoms with E-state index in [1.807, 2.05) is 14.1 Å². The molecule has 1 aromatic rings. The van der Waals surface area contributed by atoms with Crippen LogP contribution in [-0.2, 0) is 7.05 Å². The van der Waals surface area contributed by atoms with Gasteiger partial charge in [0, 0.05) is 18.8 Å². The summed E-state index contributed by atoms with van der Waals surface area (Å²) < 4.78 is 1.71. The lowest BCUT2D eigenvalue weighted by Gasteiger charge is -2.13. The Hall–Kier alpha value is -0.620. The summed E-state index contributed by atoms with van der Waals surface area (Å²) in [6, 6.07) is 0.608. The molecule has 0 spiro atoms. The molecule has 78 valence electrons. The number of aromatic nitrogens is 4. The third-order valence-electron chi connectivity index (χ3n) is 2.54. The number of rotatable bonds is 5. The third kappa shape index (κ3) is 2.24. The maximum absolute atomic E-state index is 3.94. The summed E-state index contributed by atoms with van der Waals surface area (Å²) in [6.07, 6.45) is 2.73. The van der Waals surface area contributed by atoms with E-state index < -0.39 is 0 Å². The van der Waals surface area contributed by atoms with Crippen molar-refractivity contribution >= 4 is 11.8 Å². The number of aryl methyl sites for hydroxylation is 1. The monoisotopic (exact) mass is 213 g/mol. The van der Waals surface area contributed by atoms with E-state index in [0.29, 0.717) is 6.04 Å². The lowest BCUT2D eigenvalue weighted by Crippen LogP contribution is -2.29. The minimum atomic E-state index is 0.608. The molecule has 1 N–H and O–H groups in total. The van der Waals surface area contributed by atoms with Crippen molar-refractivity contribution in [1.29, 1.82) is 0 Å². The van der Waals surface area contributed by atoms with Crippen LogP contribution in [0.15, 0.2) is 5.16 Å². The van der Waals surface area contributed by atoms with Crippen molar-refractivity contribution in [2.45, 2.75) is 24.0 Å². The Kier molecular flexibility index (Phi) is 3.02. The fourth-order valence-corrected chi connectivity index (χ4v) is 2.55. The Labute approximate surface area is 87.6 Å². The fraction of sp³-hybridized carbons (Fsp3) is 0.875. The SMILES string of the molecule is CNC(CSc1nnnn1C)C1CC1. The van der Waals surface area contributed by atoms with Crippen molar-refractivity contribution in [2.24, 2.45) is 13.0 Å². The van der Waals surface area contributed by atoms with E-state index in [0.717, 1.165) is 16.8 Å². The average molecular weight is 213 g/mol. The minimum absolute atomic E-state index is 0.608. The first-order chi connectivity index (χ1) is 6.81. The molecule has 1 fully saturated rings. The zero-order valence-electron chi connectivity index (χ0n) is 8.47. The van der Waals surface area contributed by atoms with Gasteiger partial charge in [0.25, 0.3) is 0 Å². The molecule has 0 aliphatic heterocycles. The Morgan fingerprint density at radius 2 is 2.43 bits per heavy atom. The van der Waals surface area contributed by atoms with Crippen molar-refractivity contribution in [3.05, 3.63) is 0 Å². The first-order valence-electron chi connectivity index (χ1n) is 4.83. The molecule has 1 aromatic heterocycles. The molecule has 0 aromatic carbocycles. The molecule has 1 unspecified atom stereocenters. The largest absolute Gasteiger partial charge is 0.316 e. The van der Waals surface area contributed by atoms with Gasteiger partial charge in [0.15, 0.2) is 0 Å². The Balaban J connectivity index is 1.83. The van der Waals surface area contributed by atoms with Crippen molar-refractivity contribution in [3.8, 4) is 0 Å². The number of nitrogens with zero attached hydrogens (tertiary/aromatic N) is 4. The summed E-state index contributed by atoms with van der Waals surface area (Å²) in [5.74, 6) is 1.92. The van der Waals surface area contributed by atoms with E-state index in [-0.39, 0.29) is 0 Å². The molecule has 1 heterocycles. The van der Waals surface area contributed by atoms with Gasteiger partial charge in [-0.25, -0.2) is 4.68 Å². The summed E-state index contributed by atoms with van der Waals surface area (Å²) in [7, 11) is 3.90. The first kappa shape index (κ1) is 9.92.